The van der Waals surface area contributed by atoms with Gasteiger partial charge in [-0.05, 0) is 67.8 Å². The number of aromatic hydroxyl groups is 1. The van der Waals surface area contributed by atoms with Gasteiger partial charge >= 0.3 is 0 Å². The van der Waals surface area contributed by atoms with E-state index in [0.717, 1.165) is 28.8 Å². The zero-order chi connectivity index (χ0) is 13.4. The Morgan fingerprint density at radius 2 is 2.16 bits per heavy atom. The van der Waals surface area contributed by atoms with Crippen LogP contribution in [0.1, 0.15) is 31.2 Å². The van der Waals surface area contributed by atoms with Gasteiger partial charge in [0, 0.05) is 17.6 Å². The van der Waals surface area contributed by atoms with E-state index in [0.29, 0.717) is 5.75 Å². The molecule has 2 saturated carbocycles. The highest BCUT2D eigenvalue weighted by atomic mass is 79.9. The highest BCUT2D eigenvalue weighted by Crippen LogP contribution is 2.48. The minimum absolute atomic E-state index is 0.353. The Morgan fingerprint density at radius 3 is 2.84 bits per heavy atom. The predicted molar refractivity (Wildman–Crippen MR) is 81.1 cm³/mol. The number of hydrogen-bond donors (Lipinski definition) is 1. The number of hydrogen-bond acceptors (Lipinski definition) is 2. The molecular formula is C16H22BrNO. The smallest absolute Gasteiger partial charge is 0.115 e. The summed E-state index contributed by atoms with van der Waals surface area (Å²) in [6.45, 7) is 2.10. The van der Waals surface area contributed by atoms with Crippen molar-refractivity contribution in [1.29, 1.82) is 0 Å². The van der Waals surface area contributed by atoms with E-state index in [1.807, 2.05) is 12.1 Å². The van der Waals surface area contributed by atoms with E-state index >= 15 is 0 Å². The molecule has 3 rings (SSSR count). The molecule has 0 aliphatic heterocycles. The lowest BCUT2D eigenvalue weighted by molar-refractivity contribution is 0.214. The molecule has 3 atom stereocenters. The van der Waals surface area contributed by atoms with E-state index in [-0.39, 0.29) is 0 Å². The number of halogens is 1. The van der Waals surface area contributed by atoms with Gasteiger partial charge in [-0.3, -0.25) is 0 Å². The van der Waals surface area contributed by atoms with Crippen molar-refractivity contribution in [3.63, 3.8) is 0 Å². The fourth-order valence-corrected chi connectivity index (χ4v) is 4.41. The Hall–Kier alpha value is -0.540. The van der Waals surface area contributed by atoms with Gasteiger partial charge in [0.25, 0.3) is 0 Å². The summed E-state index contributed by atoms with van der Waals surface area (Å²) >= 11 is 3.57. The highest BCUT2D eigenvalue weighted by molar-refractivity contribution is 9.10. The van der Waals surface area contributed by atoms with Gasteiger partial charge in [0.1, 0.15) is 5.75 Å². The van der Waals surface area contributed by atoms with Gasteiger partial charge in [-0.25, -0.2) is 0 Å². The SMILES string of the molecule is CN(Cc1cc(O)ccc1Br)CC1CC2CCC1C2. The van der Waals surface area contributed by atoms with Gasteiger partial charge in [-0.1, -0.05) is 22.4 Å². The quantitative estimate of drug-likeness (QED) is 0.904. The Bertz CT molecular complexity index is 462. The molecule has 0 saturated heterocycles. The second-order valence-electron chi connectivity index (χ2n) is 6.41. The molecule has 0 aromatic heterocycles. The van der Waals surface area contributed by atoms with E-state index in [1.165, 1.54) is 37.8 Å². The second-order valence-corrected chi connectivity index (χ2v) is 7.26. The number of phenolic OH excluding ortho intramolecular Hbond substituents is 1. The molecule has 3 unspecified atom stereocenters. The van der Waals surface area contributed by atoms with Crippen molar-refractivity contribution in [1.82, 2.24) is 4.90 Å². The van der Waals surface area contributed by atoms with E-state index in [2.05, 4.69) is 27.9 Å². The fraction of sp³-hybridized carbons (Fsp3) is 0.625. The zero-order valence-corrected chi connectivity index (χ0v) is 13.1. The summed E-state index contributed by atoms with van der Waals surface area (Å²) in [7, 11) is 2.20. The van der Waals surface area contributed by atoms with Crippen LogP contribution in [0, 0.1) is 17.8 Å². The topological polar surface area (TPSA) is 23.5 Å². The van der Waals surface area contributed by atoms with Crippen molar-refractivity contribution in [2.24, 2.45) is 17.8 Å². The first kappa shape index (κ1) is 13.4. The van der Waals surface area contributed by atoms with Crippen LogP contribution in [0.2, 0.25) is 0 Å². The third-order valence-electron chi connectivity index (χ3n) is 4.90. The molecule has 0 heterocycles. The predicted octanol–water partition coefficient (Wildman–Crippen LogP) is 4.02. The molecule has 0 radical (unpaired) electrons. The maximum atomic E-state index is 9.58. The van der Waals surface area contributed by atoms with E-state index in [1.54, 1.807) is 6.07 Å². The summed E-state index contributed by atoms with van der Waals surface area (Å²) in [6.07, 6.45) is 5.85. The van der Waals surface area contributed by atoms with Crippen LogP contribution < -0.4 is 0 Å². The summed E-state index contributed by atoms with van der Waals surface area (Å²) < 4.78 is 1.09. The molecule has 2 aliphatic rings. The maximum absolute atomic E-state index is 9.58. The first-order valence-electron chi connectivity index (χ1n) is 7.27. The van der Waals surface area contributed by atoms with Crippen molar-refractivity contribution in [2.45, 2.75) is 32.2 Å². The zero-order valence-electron chi connectivity index (χ0n) is 11.5. The molecule has 2 aliphatic carbocycles. The van der Waals surface area contributed by atoms with Crippen molar-refractivity contribution < 1.29 is 5.11 Å². The van der Waals surface area contributed by atoms with Crippen LogP contribution in [-0.2, 0) is 6.54 Å². The third-order valence-corrected chi connectivity index (χ3v) is 5.67. The van der Waals surface area contributed by atoms with Crippen LogP contribution in [0.25, 0.3) is 0 Å². The molecule has 1 aromatic rings. The van der Waals surface area contributed by atoms with Crippen LogP contribution in [0.15, 0.2) is 22.7 Å². The molecule has 19 heavy (non-hydrogen) atoms. The van der Waals surface area contributed by atoms with Crippen molar-refractivity contribution in [3.8, 4) is 5.75 Å². The van der Waals surface area contributed by atoms with E-state index < -0.39 is 0 Å². The average molecular weight is 324 g/mol. The van der Waals surface area contributed by atoms with E-state index in [9.17, 15) is 5.11 Å². The van der Waals surface area contributed by atoms with E-state index in [4.69, 9.17) is 0 Å². The monoisotopic (exact) mass is 323 g/mol. The Balaban J connectivity index is 1.59. The maximum Gasteiger partial charge on any atom is 0.115 e. The molecule has 3 heteroatoms. The summed E-state index contributed by atoms with van der Waals surface area (Å²) in [4.78, 5) is 2.41. The van der Waals surface area contributed by atoms with Gasteiger partial charge in [0.2, 0.25) is 0 Å². The van der Waals surface area contributed by atoms with Crippen LogP contribution in [0.3, 0.4) is 0 Å². The van der Waals surface area contributed by atoms with Crippen LogP contribution in [0.5, 0.6) is 5.75 Å². The van der Waals surface area contributed by atoms with Crippen LogP contribution >= 0.6 is 15.9 Å². The lowest BCUT2D eigenvalue weighted by Crippen LogP contribution is -2.28. The summed E-state index contributed by atoms with van der Waals surface area (Å²) in [5.74, 6) is 3.27. The summed E-state index contributed by atoms with van der Waals surface area (Å²) in [5, 5.41) is 9.58. The minimum atomic E-state index is 0.353. The summed E-state index contributed by atoms with van der Waals surface area (Å²) in [5.41, 5.74) is 1.17. The molecule has 1 N–H and O–H groups in total. The summed E-state index contributed by atoms with van der Waals surface area (Å²) in [6, 6.07) is 5.51. The Kier molecular flexibility index (Phi) is 3.86. The first-order valence-corrected chi connectivity index (χ1v) is 8.07. The normalized spacial score (nSPS) is 29.3. The second kappa shape index (κ2) is 5.45. The molecular weight excluding hydrogens is 302 g/mol. The first-order chi connectivity index (χ1) is 9.11. The molecule has 2 bridgehead atoms. The van der Waals surface area contributed by atoms with Crippen molar-refractivity contribution in [2.75, 3.05) is 13.6 Å². The largest absolute Gasteiger partial charge is 0.508 e. The lowest BCUT2D eigenvalue weighted by atomic mass is 9.88. The number of phenols is 1. The molecule has 2 nitrogen and oxygen atoms in total. The molecule has 0 amide bonds. The lowest BCUT2D eigenvalue weighted by Gasteiger charge is -2.27. The van der Waals surface area contributed by atoms with Gasteiger partial charge in [0.15, 0.2) is 0 Å². The number of benzene rings is 1. The van der Waals surface area contributed by atoms with Crippen molar-refractivity contribution >= 4 is 15.9 Å². The van der Waals surface area contributed by atoms with Crippen LogP contribution in [0.4, 0.5) is 0 Å². The molecule has 1 aromatic carbocycles. The fourth-order valence-electron chi connectivity index (χ4n) is 4.04. The number of rotatable bonds is 4. The third kappa shape index (κ3) is 2.97. The van der Waals surface area contributed by atoms with Gasteiger partial charge in [-0.15, -0.1) is 0 Å². The minimum Gasteiger partial charge on any atom is -0.508 e. The highest BCUT2D eigenvalue weighted by Gasteiger charge is 2.39. The van der Waals surface area contributed by atoms with Gasteiger partial charge in [0.05, 0.1) is 0 Å². The average Bonchev–Trinajstić information content (AvgIpc) is 2.96. The standard InChI is InChI=1S/C16H22BrNO/c1-18(9-13-7-11-2-3-12(13)6-11)10-14-8-15(19)4-5-16(14)17/h4-5,8,11-13,19H,2-3,6-7,9-10H2,1H3. The Labute approximate surface area is 123 Å². The molecule has 0 spiro atoms. The number of fused-ring (bicyclic) bond motifs is 2. The van der Waals surface area contributed by atoms with Crippen molar-refractivity contribution in [3.05, 3.63) is 28.2 Å². The van der Waals surface area contributed by atoms with Crippen LogP contribution in [-0.4, -0.2) is 23.6 Å². The molecule has 2 fully saturated rings. The number of nitrogens with zero attached hydrogens (tertiary/aromatic N) is 1. The van der Waals surface area contributed by atoms with Gasteiger partial charge in [-0.2, -0.15) is 0 Å². The Morgan fingerprint density at radius 1 is 1.32 bits per heavy atom. The molecule has 104 valence electrons. The van der Waals surface area contributed by atoms with Gasteiger partial charge < -0.3 is 10.0 Å².